The minimum atomic E-state index is -0.234. The van der Waals surface area contributed by atoms with Crippen molar-refractivity contribution in [3.05, 3.63) is 52.4 Å². The van der Waals surface area contributed by atoms with E-state index in [0.29, 0.717) is 10.9 Å². The van der Waals surface area contributed by atoms with Gasteiger partial charge in [-0.2, -0.15) is 5.10 Å². The van der Waals surface area contributed by atoms with Crippen LogP contribution in [0.1, 0.15) is 11.5 Å². The second-order valence-corrected chi connectivity index (χ2v) is 7.26. The molecule has 0 atom stereocenters. The predicted octanol–water partition coefficient (Wildman–Crippen LogP) is 3.39. The molecular weight excluding hydrogens is 418 g/mol. The maximum absolute atomic E-state index is 11.9. The minimum Gasteiger partial charge on any atom is -0.460 e. The van der Waals surface area contributed by atoms with Crippen molar-refractivity contribution in [3.8, 4) is 11.4 Å². The summed E-state index contributed by atoms with van der Waals surface area (Å²) in [4.78, 5) is 11.9. The number of carbonyl (C=O) groups is 1. The van der Waals surface area contributed by atoms with Crippen LogP contribution in [-0.4, -0.2) is 32.6 Å². The lowest BCUT2D eigenvalue weighted by Gasteiger charge is -2.03. The van der Waals surface area contributed by atoms with Gasteiger partial charge >= 0.3 is 0 Å². The number of aromatic nitrogens is 3. The van der Waals surface area contributed by atoms with Crippen LogP contribution in [0.15, 0.2) is 55.5 Å². The Morgan fingerprint density at radius 1 is 1.31 bits per heavy atom. The molecular formula is C17H16BrN5O2S. The van der Waals surface area contributed by atoms with Crippen LogP contribution in [0.4, 0.5) is 0 Å². The number of hydrogen-bond acceptors (Lipinski definition) is 6. The standard InChI is InChI=1S/C17H16BrN5O2S/c1-11-3-8-14(25-11)9-19-20-15(24)10-26-17-22-21-16(23(17)2)12-4-6-13(18)7-5-12/h3-9H,10H2,1-2H3,(H,20,24)/b19-9-. The molecule has 2 heterocycles. The van der Waals surface area contributed by atoms with Gasteiger partial charge in [-0.1, -0.05) is 39.8 Å². The van der Waals surface area contributed by atoms with E-state index < -0.39 is 0 Å². The summed E-state index contributed by atoms with van der Waals surface area (Å²) in [5.74, 6) is 2.07. The number of carbonyl (C=O) groups excluding carboxylic acids is 1. The summed E-state index contributed by atoms with van der Waals surface area (Å²) in [7, 11) is 1.87. The van der Waals surface area contributed by atoms with Crippen LogP contribution in [-0.2, 0) is 11.8 Å². The summed E-state index contributed by atoms with van der Waals surface area (Å²) in [6.07, 6.45) is 1.46. The average Bonchev–Trinajstić information content (AvgIpc) is 3.20. The van der Waals surface area contributed by atoms with E-state index in [-0.39, 0.29) is 11.7 Å². The highest BCUT2D eigenvalue weighted by Crippen LogP contribution is 2.23. The molecule has 2 aromatic heterocycles. The third-order valence-electron chi connectivity index (χ3n) is 3.41. The number of thioether (sulfide) groups is 1. The van der Waals surface area contributed by atoms with E-state index in [9.17, 15) is 4.79 Å². The zero-order valence-corrected chi connectivity index (χ0v) is 16.5. The molecule has 1 aromatic carbocycles. The maximum atomic E-state index is 11.9. The van der Waals surface area contributed by atoms with Crippen molar-refractivity contribution in [2.45, 2.75) is 12.1 Å². The first-order chi connectivity index (χ1) is 12.5. The fourth-order valence-corrected chi connectivity index (χ4v) is 3.11. The largest absolute Gasteiger partial charge is 0.460 e. The first kappa shape index (κ1) is 18.4. The van der Waals surface area contributed by atoms with Gasteiger partial charge in [0.05, 0.1) is 12.0 Å². The number of halogens is 1. The van der Waals surface area contributed by atoms with Crippen LogP contribution in [0.25, 0.3) is 11.4 Å². The Morgan fingerprint density at radius 2 is 2.08 bits per heavy atom. The Balaban J connectivity index is 1.55. The van der Waals surface area contributed by atoms with Crippen LogP contribution in [0.3, 0.4) is 0 Å². The predicted molar refractivity (Wildman–Crippen MR) is 104 cm³/mol. The fraction of sp³-hybridized carbons (Fsp3) is 0.176. The molecule has 134 valence electrons. The lowest BCUT2D eigenvalue weighted by atomic mass is 10.2. The zero-order chi connectivity index (χ0) is 18.5. The Morgan fingerprint density at radius 3 is 2.77 bits per heavy atom. The molecule has 0 bridgehead atoms. The Bertz CT molecular complexity index is 933. The highest BCUT2D eigenvalue weighted by molar-refractivity contribution is 9.10. The molecule has 26 heavy (non-hydrogen) atoms. The number of hydrazone groups is 1. The number of aryl methyl sites for hydroxylation is 1. The summed E-state index contributed by atoms with van der Waals surface area (Å²) in [5.41, 5.74) is 3.42. The molecule has 1 amide bonds. The molecule has 0 aliphatic carbocycles. The van der Waals surface area contributed by atoms with E-state index in [4.69, 9.17) is 4.42 Å². The first-order valence-electron chi connectivity index (χ1n) is 7.69. The topological polar surface area (TPSA) is 85.3 Å². The molecule has 0 saturated heterocycles. The van der Waals surface area contributed by atoms with Gasteiger partial charge in [0.15, 0.2) is 11.0 Å². The molecule has 3 aromatic rings. The van der Waals surface area contributed by atoms with Crippen molar-refractivity contribution < 1.29 is 9.21 Å². The van der Waals surface area contributed by atoms with Gasteiger partial charge in [-0.15, -0.1) is 10.2 Å². The molecule has 9 heteroatoms. The third-order valence-corrected chi connectivity index (χ3v) is 4.96. The molecule has 0 fully saturated rings. The SMILES string of the molecule is Cc1ccc(/C=N\NC(=O)CSc2nnc(-c3ccc(Br)cc3)n2C)o1. The van der Waals surface area contributed by atoms with Gasteiger partial charge in [-0.3, -0.25) is 4.79 Å². The fourth-order valence-electron chi connectivity index (χ4n) is 2.14. The Hall–Kier alpha value is -2.39. The number of nitrogens with one attached hydrogen (secondary N) is 1. The number of furan rings is 1. The van der Waals surface area contributed by atoms with Gasteiger partial charge in [0.25, 0.3) is 5.91 Å². The van der Waals surface area contributed by atoms with E-state index in [1.165, 1.54) is 18.0 Å². The highest BCUT2D eigenvalue weighted by Gasteiger charge is 2.12. The molecule has 0 saturated carbocycles. The number of rotatable bonds is 6. The van der Waals surface area contributed by atoms with Gasteiger partial charge in [0, 0.05) is 17.1 Å². The summed E-state index contributed by atoms with van der Waals surface area (Å²) < 4.78 is 8.19. The van der Waals surface area contributed by atoms with Crippen LogP contribution in [0.2, 0.25) is 0 Å². The summed E-state index contributed by atoms with van der Waals surface area (Å²) in [5, 5.41) is 12.9. The Kier molecular flexibility index (Phi) is 5.89. The van der Waals surface area contributed by atoms with Crippen LogP contribution in [0, 0.1) is 6.92 Å². The molecule has 1 N–H and O–H groups in total. The molecule has 0 aliphatic heterocycles. The summed E-state index contributed by atoms with van der Waals surface area (Å²) in [6.45, 7) is 1.84. The normalized spacial score (nSPS) is 11.2. The lowest BCUT2D eigenvalue weighted by Crippen LogP contribution is -2.19. The van der Waals surface area contributed by atoms with Crippen molar-refractivity contribution in [3.63, 3.8) is 0 Å². The van der Waals surface area contributed by atoms with E-state index in [0.717, 1.165) is 21.6 Å². The average molecular weight is 434 g/mol. The number of hydrogen-bond donors (Lipinski definition) is 1. The smallest absolute Gasteiger partial charge is 0.250 e. The van der Waals surface area contributed by atoms with Crippen molar-refractivity contribution in [1.82, 2.24) is 20.2 Å². The van der Waals surface area contributed by atoms with E-state index >= 15 is 0 Å². The number of benzene rings is 1. The molecule has 0 spiro atoms. The van der Waals surface area contributed by atoms with Crippen LogP contribution < -0.4 is 5.43 Å². The van der Waals surface area contributed by atoms with E-state index in [1.807, 2.05) is 48.9 Å². The lowest BCUT2D eigenvalue weighted by molar-refractivity contribution is -0.118. The summed E-state index contributed by atoms with van der Waals surface area (Å²) >= 11 is 4.71. The molecule has 0 unspecified atom stereocenters. The van der Waals surface area contributed by atoms with Crippen molar-refractivity contribution in [2.75, 3.05) is 5.75 Å². The van der Waals surface area contributed by atoms with Crippen molar-refractivity contribution in [2.24, 2.45) is 12.1 Å². The second-order valence-electron chi connectivity index (χ2n) is 5.40. The quantitative estimate of drug-likeness (QED) is 0.365. The number of amides is 1. The van der Waals surface area contributed by atoms with Gasteiger partial charge in [0.2, 0.25) is 0 Å². The molecule has 3 rings (SSSR count). The van der Waals surface area contributed by atoms with Crippen molar-refractivity contribution >= 4 is 39.8 Å². The van der Waals surface area contributed by atoms with Gasteiger partial charge in [-0.25, -0.2) is 5.43 Å². The van der Waals surface area contributed by atoms with Gasteiger partial charge in [0.1, 0.15) is 11.5 Å². The van der Waals surface area contributed by atoms with Crippen molar-refractivity contribution in [1.29, 1.82) is 0 Å². The maximum Gasteiger partial charge on any atom is 0.250 e. The van der Waals surface area contributed by atoms with Crippen LogP contribution in [0.5, 0.6) is 0 Å². The van der Waals surface area contributed by atoms with E-state index in [1.54, 1.807) is 6.07 Å². The van der Waals surface area contributed by atoms with Gasteiger partial charge in [-0.05, 0) is 31.2 Å². The minimum absolute atomic E-state index is 0.181. The van der Waals surface area contributed by atoms with Crippen LogP contribution >= 0.6 is 27.7 Å². The number of nitrogens with zero attached hydrogens (tertiary/aromatic N) is 4. The first-order valence-corrected chi connectivity index (χ1v) is 9.47. The molecule has 7 nitrogen and oxygen atoms in total. The highest BCUT2D eigenvalue weighted by atomic mass is 79.9. The monoisotopic (exact) mass is 433 g/mol. The summed E-state index contributed by atoms with van der Waals surface area (Å²) in [6, 6.07) is 11.4. The molecule has 0 radical (unpaired) electrons. The third kappa shape index (κ3) is 4.61. The second kappa shape index (κ2) is 8.33. The zero-order valence-electron chi connectivity index (χ0n) is 14.1. The van der Waals surface area contributed by atoms with E-state index in [2.05, 4.69) is 36.7 Å². The van der Waals surface area contributed by atoms with Gasteiger partial charge < -0.3 is 8.98 Å². The molecule has 0 aliphatic rings. The Labute approximate surface area is 163 Å².